The molecule has 116 valence electrons. The lowest BCUT2D eigenvalue weighted by atomic mass is 10.2. The van der Waals surface area contributed by atoms with E-state index in [0.29, 0.717) is 6.42 Å². The highest BCUT2D eigenvalue weighted by Crippen LogP contribution is 2.26. The smallest absolute Gasteiger partial charge is 0.152 e. The van der Waals surface area contributed by atoms with Gasteiger partial charge in [0.25, 0.3) is 0 Å². The third kappa shape index (κ3) is 3.86. The van der Waals surface area contributed by atoms with Gasteiger partial charge in [0, 0.05) is 30.8 Å². The van der Waals surface area contributed by atoms with Gasteiger partial charge >= 0.3 is 0 Å². The summed E-state index contributed by atoms with van der Waals surface area (Å²) in [6, 6.07) is -0.00610. The molecule has 0 bridgehead atoms. The van der Waals surface area contributed by atoms with Crippen LogP contribution in [0, 0.1) is 25.7 Å². The Morgan fingerprint density at radius 3 is 2.81 bits per heavy atom. The molecule has 21 heavy (non-hydrogen) atoms. The standard InChI is InChI=1S/C15H23N3O2S/c1-4-5-6-8-16-10-15-12(2)17-18(13(15)3)14-7-9-21(19,20)11-14/h14,16H,6-11H2,1-3H3. The highest BCUT2D eigenvalue weighted by Gasteiger charge is 2.31. The number of aryl methyl sites for hydroxylation is 1. The zero-order valence-electron chi connectivity index (χ0n) is 12.9. The molecule has 0 saturated carbocycles. The zero-order valence-corrected chi connectivity index (χ0v) is 13.8. The van der Waals surface area contributed by atoms with Crippen LogP contribution in [0.15, 0.2) is 0 Å². The predicted octanol–water partition coefficient (Wildman–Crippen LogP) is 1.36. The number of nitrogens with one attached hydrogen (secondary N) is 1. The van der Waals surface area contributed by atoms with Crippen LogP contribution in [0.2, 0.25) is 0 Å². The Morgan fingerprint density at radius 1 is 1.43 bits per heavy atom. The van der Waals surface area contributed by atoms with Crippen molar-refractivity contribution >= 4 is 9.84 Å². The number of aromatic nitrogens is 2. The van der Waals surface area contributed by atoms with E-state index in [4.69, 9.17) is 0 Å². The summed E-state index contributed by atoms with van der Waals surface area (Å²) in [6.07, 6.45) is 1.51. The Balaban J connectivity index is 2.05. The number of nitrogens with zero attached hydrogens (tertiary/aromatic N) is 2. The molecule has 1 aliphatic rings. The summed E-state index contributed by atoms with van der Waals surface area (Å²) in [6.45, 7) is 7.45. The molecule has 1 aliphatic heterocycles. The summed E-state index contributed by atoms with van der Waals surface area (Å²) in [4.78, 5) is 0. The average molecular weight is 309 g/mol. The van der Waals surface area contributed by atoms with Gasteiger partial charge in [-0.15, -0.1) is 11.8 Å². The van der Waals surface area contributed by atoms with Gasteiger partial charge in [0.05, 0.1) is 23.2 Å². The van der Waals surface area contributed by atoms with E-state index >= 15 is 0 Å². The molecule has 1 N–H and O–H groups in total. The molecular weight excluding hydrogens is 286 g/mol. The lowest BCUT2D eigenvalue weighted by molar-refractivity contribution is 0.485. The molecule has 1 aromatic rings. The first-order valence-corrected chi connectivity index (χ1v) is 9.12. The van der Waals surface area contributed by atoms with Crippen molar-refractivity contribution in [1.82, 2.24) is 15.1 Å². The summed E-state index contributed by atoms with van der Waals surface area (Å²) in [5.74, 6) is 6.39. The van der Waals surface area contributed by atoms with Crippen LogP contribution in [0.3, 0.4) is 0 Å². The number of hydrogen-bond donors (Lipinski definition) is 1. The fraction of sp³-hybridized carbons (Fsp3) is 0.667. The quantitative estimate of drug-likeness (QED) is 0.659. The topological polar surface area (TPSA) is 64.0 Å². The highest BCUT2D eigenvalue weighted by atomic mass is 32.2. The predicted molar refractivity (Wildman–Crippen MR) is 83.8 cm³/mol. The Labute approximate surface area is 127 Å². The Morgan fingerprint density at radius 2 is 2.19 bits per heavy atom. The molecule has 2 heterocycles. The van der Waals surface area contributed by atoms with Crippen LogP contribution in [0.4, 0.5) is 0 Å². The van der Waals surface area contributed by atoms with Crippen molar-refractivity contribution in [3.8, 4) is 11.8 Å². The van der Waals surface area contributed by atoms with E-state index in [0.717, 1.165) is 30.9 Å². The number of sulfone groups is 1. The molecule has 0 spiro atoms. The van der Waals surface area contributed by atoms with E-state index in [9.17, 15) is 8.42 Å². The second-order valence-corrected chi connectivity index (χ2v) is 7.73. The molecule has 2 rings (SSSR count). The van der Waals surface area contributed by atoms with Gasteiger partial charge in [0.15, 0.2) is 9.84 Å². The van der Waals surface area contributed by atoms with Crippen molar-refractivity contribution in [2.75, 3.05) is 18.1 Å². The second kappa shape index (κ2) is 6.63. The normalized spacial score (nSPS) is 20.2. The van der Waals surface area contributed by atoms with Gasteiger partial charge in [0.2, 0.25) is 0 Å². The van der Waals surface area contributed by atoms with Crippen molar-refractivity contribution in [2.24, 2.45) is 0 Å². The van der Waals surface area contributed by atoms with Crippen molar-refractivity contribution in [3.63, 3.8) is 0 Å². The molecule has 0 aliphatic carbocycles. The highest BCUT2D eigenvalue weighted by molar-refractivity contribution is 7.91. The summed E-state index contributed by atoms with van der Waals surface area (Å²) < 4.78 is 25.2. The molecule has 1 aromatic heterocycles. The lowest BCUT2D eigenvalue weighted by Crippen LogP contribution is -2.16. The zero-order chi connectivity index (χ0) is 15.5. The van der Waals surface area contributed by atoms with Gasteiger partial charge in [0.1, 0.15) is 0 Å². The Kier molecular flexibility index (Phi) is 5.07. The first kappa shape index (κ1) is 16.1. The first-order chi connectivity index (χ1) is 9.94. The third-order valence-corrected chi connectivity index (χ3v) is 5.68. The molecule has 0 radical (unpaired) electrons. The van der Waals surface area contributed by atoms with Crippen LogP contribution >= 0.6 is 0 Å². The second-order valence-electron chi connectivity index (χ2n) is 5.50. The molecular formula is C15H23N3O2S. The van der Waals surface area contributed by atoms with Crippen molar-refractivity contribution in [2.45, 2.75) is 46.2 Å². The summed E-state index contributed by atoms with van der Waals surface area (Å²) >= 11 is 0. The van der Waals surface area contributed by atoms with E-state index < -0.39 is 9.84 Å². The van der Waals surface area contributed by atoms with Gasteiger partial charge in [-0.25, -0.2) is 8.42 Å². The Bertz CT molecular complexity index is 665. The van der Waals surface area contributed by atoms with E-state index in [1.807, 2.05) is 25.5 Å². The van der Waals surface area contributed by atoms with Gasteiger partial charge < -0.3 is 5.32 Å². The molecule has 0 amide bonds. The summed E-state index contributed by atoms with van der Waals surface area (Å²) in [5.41, 5.74) is 3.22. The molecule has 6 heteroatoms. The van der Waals surface area contributed by atoms with Crippen LogP contribution in [0.1, 0.15) is 42.8 Å². The third-order valence-electron chi connectivity index (χ3n) is 3.93. The van der Waals surface area contributed by atoms with Crippen LogP contribution in [0.25, 0.3) is 0 Å². The minimum absolute atomic E-state index is 0.00610. The molecule has 1 saturated heterocycles. The van der Waals surface area contributed by atoms with Gasteiger partial charge in [-0.05, 0) is 27.2 Å². The average Bonchev–Trinajstić information content (AvgIpc) is 2.91. The van der Waals surface area contributed by atoms with Crippen LogP contribution in [0.5, 0.6) is 0 Å². The Hall–Kier alpha value is -1.32. The maximum atomic E-state index is 11.6. The summed E-state index contributed by atoms with van der Waals surface area (Å²) in [5, 5.41) is 7.92. The fourth-order valence-electron chi connectivity index (χ4n) is 2.77. The van der Waals surface area contributed by atoms with Crippen LogP contribution < -0.4 is 5.32 Å². The van der Waals surface area contributed by atoms with Gasteiger partial charge in [-0.2, -0.15) is 5.10 Å². The molecule has 1 atom stereocenters. The monoisotopic (exact) mass is 309 g/mol. The largest absolute Gasteiger partial charge is 0.312 e. The first-order valence-electron chi connectivity index (χ1n) is 7.30. The molecule has 0 aromatic carbocycles. The van der Waals surface area contributed by atoms with E-state index in [1.54, 1.807) is 0 Å². The van der Waals surface area contributed by atoms with E-state index in [-0.39, 0.29) is 17.5 Å². The maximum absolute atomic E-state index is 11.6. The van der Waals surface area contributed by atoms with E-state index in [1.165, 1.54) is 5.56 Å². The van der Waals surface area contributed by atoms with Gasteiger partial charge in [-0.1, -0.05) is 0 Å². The minimum atomic E-state index is -2.88. The van der Waals surface area contributed by atoms with Crippen molar-refractivity contribution < 1.29 is 8.42 Å². The van der Waals surface area contributed by atoms with Crippen molar-refractivity contribution in [1.29, 1.82) is 0 Å². The molecule has 5 nitrogen and oxygen atoms in total. The SMILES string of the molecule is CC#CCCNCc1c(C)nn(C2CCS(=O)(=O)C2)c1C. The van der Waals surface area contributed by atoms with Crippen molar-refractivity contribution in [3.05, 3.63) is 17.0 Å². The van der Waals surface area contributed by atoms with Crippen LogP contribution in [-0.4, -0.2) is 36.2 Å². The summed E-state index contributed by atoms with van der Waals surface area (Å²) in [7, 11) is -2.88. The molecule has 1 fully saturated rings. The van der Waals surface area contributed by atoms with E-state index in [2.05, 4.69) is 22.3 Å². The number of rotatable bonds is 5. The minimum Gasteiger partial charge on any atom is -0.312 e. The molecule has 1 unspecified atom stereocenters. The van der Waals surface area contributed by atoms with Crippen LogP contribution in [-0.2, 0) is 16.4 Å². The lowest BCUT2D eigenvalue weighted by Gasteiger charge is -2.11. The fourth-order valence-corrected chi connectivity index (χ4v) is 4.46. The number of hydrogen-bond acceptors (Lipinski definition) is 4. The maximum Gasteiger partial charge on any atom is 0.152 e. The van der Waals surface area contributed by atoms with Gasteiger partial charge in [-0.3, -0.25) is 4.68 Å².